The number of Topliss-reactive ketones (excluding diaryl/α,β-unsaturated/α-hetero) is 1. The molecular weight excluding hydrogens is 275 g/mol. The van der Waals surface area contributed by atoms with E-state index in [0.717, 1.165) is 0 Å². The predicted octanol–water partition coefficient (Wildman–Crippen LogP) is 0.975. The fourth-order valence-corrected chi connectivity index (χ4v) is 2.39. The zero-order valence-electron chi connectivity index (χ0n) is 11.8. The highest BCUT2D eigenvalue weighted by Gasteiger charge is 2.27. The number of primary amides is 1. The lowest BCUT2D eigenvalue weighted by Crippen LogP contribution is -2.52. The van der Waals surface area contributed by atoms with Gasteiger partial charge in [0, 0.05) is 18.5 Å². The van der Waals surface area contributed by atoms with Crippen LogP contribution < -0.4 is 5.73 Å². The number of ketones is 1. The summed E-state index contributed by atoms with van der Waals surface area (Å²) in [5.41, 5.74) is 5.84. The highest BCUT2D eigenvalue weighted by Crippen LogP contribution is 2.11. The Morgan fingerprint density at radius 1 is 1.33 bits per heavy atom. The van der Waals surface area contributed by atoms with Crippen LogP contribution in [0.25, 0.3) is 0 Å². The Balaban J connectivity index is 1.81. The average molecular weight is 294 g/mol. The number of rotatable bonds is 6. The number of ether oxygens (including phenoxy) is 1. The summed E-state index contributed by atoms with van der Waals surface area (Å²) in [7, 11) is 0. The summed E-state index contributed by atoms with van der Waals surface area (Å²) < 4.78 is 18.0. The van der Waals surface area contributed by atoms with Gasteiger partial charge in [0.05, 0.1) is 13.2 Å². The summed E-state index contributed by atoms with van der Waals surface area (Å²) in [4.78, 5) is 25.2. The maximum absolute atomic E-state index is 12.8. The van der Waals surface area contributed by atoms with Crippen molar-refractivity contribution in [1.29, 1.82) is 0 Å². The lowest BCUT2D eigenvalue weighted by atomic mass is 10.1. The van der Waals surface area contributed by atoms with Gasteiger partial charge in [0.15, 0.2) is 5.78 Å². The second kappa shape index (κ2) is 7.28. The van der Waals surface area contributed by atoms with E-state index in [-0.39, 0.29) is 11.6 Å². The molecule has 0 aliphatic carbocycles. The SMILES string of the molecule is NC(=O)C1COCCN1CCCC(=O)c1ccc(F)cc1. The number of halogens is 1. The van der Waals surface area contributed by atoms with E-state index in [2.05, 4.69) is 0 Å². The van der Waals surface area contributed by atoms with Gasteiger partial charge in [-0.05, 0) is 37.2 Å². The molecule has 1 aliphatic heterocycles. The molecule has 1 aliphatic rings. The minimum atomic E-state index is -0.417. The van der Waals surface area contributed by atoms with Crippen molar-refractivity contribution in [3.8, 4) is 0 Å². The molecular formula is C15H19FN2O3. The molecule has 21 heavy (non-hydrogen) atoms. The van der Waals surface area contributed by atoms with E-state index < -0.39 is 11.9 Å². The van der Waals surface area contributed by atoms with Crippen LogP contribution in [0.2, 0.25) is 0 Å². The Hall–Kier alpha value is -1.79. The maximum Gasteiger partial charge on any atom is 0.237 e. The zero-order chi connectivity index (χ0) is 15.2. The minimum absolute atomic E-state index is 0.0288. The molecule has 0 spiro atoms. The first-order valence-electron chi connectivity index (χ1n) is 6.98. The summed E-state index contributed by atoms with van der Waals surface area (Å²) in [5, 5.41) is 0. The van der Waals surface area contributed by atoms with E-state index in [0.29, 0.717) is 44.7 Å². The van der Waals surface area contributed by atoms with E-state index in [1.165, 1.54) is 24.3 Å². The number of hydrogen-bond donors (Lipinski definition) is 1. The third kappa shape index (κ3) is 4.34. The van der Waals surface area contributed by atoms with Crippen LogP contribution in [0.15, 0.2) is 24.3 Å². The van der Waals surface area contributed by atoms with Gasteiger partial charge in [-0.1, -0.05) is 0 Å². The molecule has 2 N–H and O–H groups in total. The smallest absolute Gasteiger partial charge is 0.237 e. The van der Waals surface area contributed by atoms with Gasteiger partial charge in [0.2, 0.25) is 5.91 Å². The van der Waals surface area contributed by atoms with Crippen molar-refractivity contribution >= 4 is 11.7 Å². The van der Waals surface area contributed by atoms with Crippen molar-refractivity contribution in [2.24, 2.45) is 5.73 Å². The van der Waals surface area contributed by atoms with Gasteiger partial charge in [0.25, 0.3) is 0 Å². The Morgan fingerprint density at radius 2 is 2.05 bits per heavy atom. The Kier molecular flexibility index (Phi) is 5.41. The molecule has 1 saturated heterocycles. The normalized spacial score (nSPS) is 19.4. The highest BCUT2D eigenvalue weighted by molar-refractivity contribution is 5.95. The standard InChI is InChI=1S/C15H19FN2O3/c16-12-5-3-11(4-6-12)14(19)2-1-7-18-8-9-21-10-13(18)15(17)20/h3-6,13H,1-2,7-10H2,(H2,17,20). The first kappa shape index (κ1) is 15.6. The number of nitrogens with two attached hydrogens (primary N) is 1. The molecule has 0 aromatic heterocycles. The molecule has 6 heteroatoms. The third-order valence-electron chi connectivity index (χ3n) is 3.58. The Labute approximate surface area is 122 Å². The van der Waals surface area contributed by atoms with Crippen LogP contribution in [0.3, 0.4) is 0 Å². The predicted molar refractivity (Wildman–Crippen MR) is 75.3 cm³/mol. The number of carbonyl (C=O) groups is 2. The summed E-state index contributed by atoms with van der Waals surface area (Å²) >= 11 is 0. The van der Waals surface area contributed by atoms with Crippen LogP contribution >= 0.6 is 0 Å². The third-order valence-corrected chi connectivity index (χ3v) is 3.58. The van der Waals surface area contributed by atoms with Crippen LogP contribution in [0.5, 0.6) is 0 Å². The Morgan fingerprint density at radius 3 is 2.71 bits per heavy atom. The second-order valence-electron chi connectivity index (χ2n) is 5.06. The molecule has 0 bridgehead atoms. The molecule has 5 nitrogen and oxygen atoms in total. The van der Waals surface area contributed by atoms with Gasteiger partial charge >= 0.3 is 0 Å². The van der Waals surface area contributed by atoms with Crippen molar-refractivity contribution in [3.63, 3.8) is 0 Å². The van der Waals surface area contributed by atoms with Gasteiger partial charge < -0.3 is 10.5 Å². The summed E-state index contributed by atoms with van der Waals surface area (Å²) in [6.45, 7) is 2.12. The van der Waals surface area contributed by atoms with E-state index in [9.17, 15) is 14.0 Å². The van der Waals surface area contributed by atoms with Gasteiger partial charge in [-0.15, -0.1) is 0 Å². The number of carbonyl (C=O) groups excluding carboxylic acids is 2. The van der Waals surface area contributed by atoms with E-state index in [1.54, 1.807) is 0 Å². The van der Waals surface area contributed by atoms with Gasteiger partial charge in [-0.2, -0.15) is 0 Å². The van der Waals surface area contributed by atoms with Crippen molar-refractivity contribution in [1.82, 2.24) is 4.90 Å². The number of amides is 1. The molecule has 114 valence electrons. The first-order chi connectivity index (χ1) is 10.1. The van der Waals surface area contributed by atoms with E-state index >= 15 is 0 Å². The summed E-state index contributed by atoms with van der Waals surface area (Å²) in [6.07, 6.45) is 0.981. The van der Waals surface area contributed by atoms with Crippen molar-refractivity contribution in [2.45, 2.75) is 18.9 Å². The second-order valence-corrected chi connectivity index (χ2v) is 5.06. The van der Waals surface area contributed by atoms with E-state index in [4.69, 9.17) is 10.5 Å². The fraction of sp³-hybridized carbons (Fsp3) is 0.467. The molecule has 1 amide bonds. The average Bonchev–Trinajstić information content (AvgIpc) is 2.48. The Bertz CT molecular complexity index is 504. The summed E-state index contributed by atoms with van der Waals surface area (Å²) in [6, 6.07) is 5.10. The van der Waals surface area contributed by atoms with Gasteiger partial charge in [-0.3, -0.25) is 14.5 Å². The fourth-order valence-electron chi connectivity index (χ4n) is 2.39. The van der Waals surface area contributed by atoms with Crippen LogP contribution in [-0.4, -0.2) is 48.9 Å². The molecule has 2 rings (SSSR count). The molecule has 1 atom stereocenters. The summed E-state index contributed by atoms with van der Waals surface area (Å²) in [5.74, 6) is -0.789. The van der Waals surface area contributed by atoms with Crippen molar-refractivity contribution < 1.29 is 18.7 Å². The monoisotopic (exact) mass is 294 g/mol. The van der Waals surface area contributed by atoms with Crippen LogP contribution in [0.1, 0.15) is 23.2 Å². The molecule has 1 unspecified atom stereocenters. The number of nitrogens with zero attached hydrogens (tertiary/aromatic N) is 1. The topological polar surface area (TPSA) is 72.6 Å². The highest BCUT2D eigenvalue weighted by atomic mass is 19.1. The van der Waals surface area contributed by atoms with Crippen LogP contribution in [0, 0.1) is 5.82 Å². The molecule has 1 heterocycles. The maximum atomic E-state index is 12.8. The minimum Gasteiger partial charge on any atom is -0.378 e. The van der Waals surface area contributed by atoms with Gasteiger partial charge in [0.1, 0.15) is 11.9 Å². The number of hydrogen-bond acceptors (Lipinski definition) is 4. The molecule has 1 aromatic carbocycles. The van der Waals surface area contributed by atoms with Crippen molar-refractivity contribution in [3.05, 3.63) is 35.6 Å². The van der Waals surface area contributed by atoms with Crippen molar-refractivity contribution in [2.75, 3.05) is 26.3 Å². The molecule has 0 radical (unpaired) electrons. The van der Waals surface area contributed by atoms with Crippen LogP contribution in [-0.2, 0) is 9.53 Å². The lowest BCUT2D eigenvalue weighted by Gasteiger charge is -2.33. The lowest BCUT2D eigenvalue weighted by molar-refractivity contribution is -0.129. The number of morpholine rings is 1. The van der Waals surface area contributed by atoms with E-state index in [1.807, 2.05) is 4.90 Å². The largest absolute Gasteiger partial charge is 0.378 e. The quantitative estimate of drug-likeness (QED) is 0.794. The van der Waals surface area contributed by atoms with Crippen LogP contribution in [0.4, 0.5) is 4.39 Å². The molecule has 1 fully saturated rings. The molecule has 1 aromatic rings. The van der Waals surface area contributed by atoms with Gasteiger partial charge in [-0.25, -0.2) is 4.39 Å². The number of benzene rings is 1. The zero-order valence-corrected chi connectivity index (χ0v) is 11.8. The first-order valence-corrected chi connectivity index (χ1v) is 6.98. The molecule has 0 saturated carbocycles.